The summed E-state index contributed by atoms with van der Waals surface area (Å²) in [6.07, 6.45) is 3.40. The fraction of sp³-hybridized carbons (Fsp3) is 0.636. The second-order valence-corrected chi connectivity index (χ2v) is 20.7. The number of carbonyl (C=O) groups excluding carboxylic acids is 4. The van der Waals surface area contributed by atoms with Gasteiger partial charge in [0, 0.05) is 41.8 Å². The number of ether oxygens (including phenoxy) is 4. The molecule has 4 atom stereocenters. The quantitative estimate of drug-likeness (QED) is 0.0102. The standard InChI is InChI=1S/C44H68N8O10SSi/c1-33(2)36(49-41(55)29-48-52-45)30-61-64(34-13-7-5-8-14-34,35-15-9-6-10-16-35)62-44(3,4)32-47-40(54)19-21-57-23-25-59-27-28-60-26-24-58-22-20-46-39(53)18-12-11-17-38-42-37(31-63-38)50-43(56)51-42/h5-10,13-16,33,36-38,42H,11-12,17-32H2,1-4H3,(H,46,53)(H,47,54)(H,49,55)(H2,50,51,56)/t36-,37+,38+,42+/m1/s1/i1+1,2+1,30+1,33+1,36+1,49+1. The molecule has 0 unspecified atom stereocenters. The fourth-order valence-corrected chi connectivity index (χ4v) is 12.2. The summed E-state index contributed by atoms with van der Waals surface area (Å²) in [7, 11) is -3.48. The lowest BCUT2D eigenvalue weighted by Gasteiger charge is -2.40. The van der Waals surface area contributed by atoms with E-state index < -0.39 is 26.1 Å². The molecule has 2 aliphatic heterocycles. The number of hydrogen-bond acceptors (Lipinski definition) is 12. The van der Waals surface area contributed by atoms with Gasteiger partial charge < -0.3 is 54.4 Å². The van der Waals surface area contributed by atoms with Crippen LogP contribution in [-0.4, -0.2) is 146 Å². The molecule has 2 saturated heterocycles. The van der Waals surface area contributed by atoms with E-state index in [0.29, 0.717) is 64.5 Å². The summed E-state index contributed by atoms with van der Waals surface area (Å²) in [6, 6.07) is 19.4. The van der Waals surface area contributed by atoms with Gasteiger partial charge in [-0.2, -0.15) is 11.8 Å². The van der Waals surface area contributed by atoms with Crippen molar-refractivity contribution in [1.82, 2.24) is 26.6 Å². The molecular weight excluding hydrogens is 867 g/mol. The van der Waals surface area contributed by atoms with Crippen LogP contribution in [0.2, 0.25) is 0 Å². The molecule has 20 heteroatoms. The molecule has 2 aliphatic rings. The number of unbranched alkanes of at least 4 members (excludes halogenated alkanes) is 1. The molecule has 5 amide bonds. The molecule has 2 fully saturated rings. The highest BCUT2D eigenvalue weighted by Crippen LogP contribution is 2.33. The van der Waals surface area contributed by atoms with Gasteiger partial charge in [0.15, 0.2) is 0 Å². The van der Waals surface area contributed by atoms with Crippen molar-refractivity contribution in [3.05, 3.63) is 71.1 Å². The van der Waals surface area contributed by atoms with Gasteiger partial charge in [-0.15, -0.1) is 0 Å². The molecule has 0 spiro atoms. The van der Waals surface area contributed by atoms with Crippen molar-refractivity contribution >= 4 is 54.4 Å². The van der Waals surface area contributed by atoms with E-state index in [1.807, 2.05) is 100 Å². The molecule has 5 N–H and O–H groups in total. The van der Waals surface area contributed by atoms with Gasteiger partial charge in [-0.05, 0) is 48.5 Å². The minimum Gasteiger partial charge on any atom is -0.386 e. The number of benzene rings is 2. The van der Waals surface area contributed by atoms with Gasteiger partial charge in [-0.25, -0.2) is 4.79 Å². The summed E-state index contributed by atoms with van der Waals surface area (Å²) in [5.74, 6) is 0.376. The highest BCUT2D eigenvalue weighted by atomic mass is 32.2. The normalized spacial score (nSPS) is 17.5. The van der Waals surface area contributed by atoms with E-state index in [4.69, 9.17) is 33.3 Å². The maximum absolute atomic E-state index is 12.9. The maximum Gasteiger partial charge on any atom is 0.407 e. The molecule has 4 rings (SSSR count). The molecule has 0 radical (unpaired) electrons. The monoisotopic (exact) mass is 934 g/mol. The molecule has 64 heavy (non-hydrogen) atoms. The van der Waals surface area contributed by atoms with Gasteiger partial charge >= 0.3 is 14.6 Å². The highest BCUT2D eigenvalue weighted by molar-refractivity contribution is 8.00. The number of rotatable bonds is 33. The Morgan fingerprint density at radius 1 is 0.828 bits per heavy atom. The van der Waals surface area contributed by atoms with E-state index in [9.17, 15) is 19.2 Å². The summed E-state index contributed by atoms with van der Waals surface area (Å²) in [4.78, 5) is 51.8. The molecule has 2 heterocycles. The van der Waals surface area contributed by atoms with Crippen LogP contribution in [0.15, 0.2) is 65.8 Å². The van der Waals surface area contributed by atoms with Gasteiger partial charge in [-0.1, -0.05) is 86.0 Å². The third kappa shape index (κ3) is 18.7. The fourth-order valence-electron chi connectivity index (χ4n) is 7.13. The Hall–Kier alpha value is -4.24. The van der Waals surface area contributed by atoms with E-state index in [2.05, 4.69) is 36.6 Å². The van der Waals surface area contributed by atoms with Crippen LogP contribution < -0.4 is 37.0 Å². The minimum atomic E-state index is -3.48. The average Bonchev–Trinajstić information content (AvgIpc) is 3.85. The summed E-state index contributed by atoms with van der Waals surface area (Å²) in [5.41, 5.74) is 7.80. The Bertz CT molecular complexity index is 1720. The zero-order valence-corrected chi connectivity index (χ0v) is 39.5. The van der Waals surface area contributed by atoms with Crippen LogP contribution in [0.1, 0.15) is 59.8 Å². The number of thioether (sulfide) groups is 1. The van der Waals surface area contributed by atoms with Gasteiger partial charge in [0.1, 0.15) is 6.54 Å². The SMILES string of the molecule is CC(C)(CNC(=O)CCOCCOCCOCCOCCNC(=O)CCCC[C@@H]1SC[C@@H]2NC(=O)N[C@@H]21)O[Si](O[13CH2][13C@@H]([15NH]C(=O)CN=[N+]=[N-])[13CH]([13CH3])[13CH3])(c1ccccc1)c1ccccc1. The van der Waals surface area contributed by atoms with Crippen molar-refractivity contribution < 1.29 is 47.0 Å². The van der Waals surface area contributed by atoms with Crippen molar-refractivity contribution in [1.29, 1.82) is 0 Å². The molecule has 354 valence electrons. The first kappa shape index (κ1) is 52.4. The van der Waals surface area contributed by atoms with Crippen molar-refractivity contribution in [3.8, 4) is 0 Å². The van der Waals surface area contributed by atoms with E-state index in [-0.39, 0.29) is 68.6 Å². The molecule has 18 nitrogen and oxygen atoms in total. The number of nitrogens with one attached hydrogen (secondary N) is 5. The molecule has 0 aromatic heterocycles. The van der Waals surface area contributed by atoms with E-state index in [1.165, 1.54) is 0 Å². The summed E-state index contributed by atoms with van der Waals surface area (Å²) in [5, 5.41) is 20.3. The van der Waals surface area contributed by atoms with Crippen molar-refractivity contribution in [2.24, 2.45) is 11.0 Å². The lowest BCUT2D eigenvalue weighted by atomic mass is 10.0. The first-order valence-electron chi connectivity index (χ1n) is 22.2. The first-order chi connectivity index (χ1) is 30.9. The third-order valence-electron chi connectivity index (χ3n) is 10.6. The zero-order valence-electron chi connectivity index (χ0n) is 37.7. The summed E-state index contributed by atoms with van der Waals surface area (Å²) < 4.78 is 36.2. The molecule has 0 aliphatic carbocycles. The Morgan fingerprint density at radius 3 is 2.03 bits per heavy atom. The Balaban J connectivity index is 1.05. The number of amides is 5. The molecule has 0 bridgehead atoms. The Labute approximate surface area is 382 Å². The second-order valence-electron chi connectivity index (χ2n) is 16.5. The molecule has 2 aromatic carbocycles. The number of hydrogen-bond donors (Lipinski definition) is 5. The summed E-state index contributed by atoms with van der Waals surface area (Å²) in [6.45, 7) is 11.2. The molecular formula is C44H68N8O10SSi. The van der Waals surface area contributed by atoms with Crippen LogP contribution in [0.3, 0.4) is 0 Å². The van der Waals surface area contributed by atoms with Gasteiger partial charge in [0.25, 0.3) is 0 Å². The molecule has 2 aromatic rings. The van der Waals surface area contributed by atoms with Crippen LogP contribution in [0, 0.1) is 5.92 Å². The lowest BCUT2D eigenvalue weighted by molar-refractivity contribution is -0.123. The van der Waals surface area contributed by atoms with E-state index in [1.54, 1.807) is 0 Å². The summed E-state index contributed by atoms with van der Waals surface area (Å²) >= 11 is 1.89. The molecule has 0 saturated carbocycles. The predicted octanol–water partition coefficient (Wildman–Crippen LogP) is 2.92. The highest BCUT2D eigenvalue weighted by Gasteiger charge is 2.48. The van der Waals surface area contributed by atoms with E-state index in [0.717, 1.165) is 35.4 Å². The Kier molecular flexibility index (Phi) is 23.4. The van der Waals surface area contributed by atoms with Crippen molar-refractivity contribution in [3.63, 3.8) is 0 Å². The third-order valence-corrected chi connectivity index (χ3v) is 15.7. The smallest absolute Gasteiger partial charge is 0.386 e. The van der Waals surface area contributed by atoms with Crippen LogP contribution in [-0.2, 0) is 42.2 Å². The number of azide groups is 1. The van der Waals surface area contributed by atoms with Gasteiger partial charge in [0.05, 0.1) is 83.2 Å². The van der Waals surface area contributed by atoms with Crippen LogP contribution >= 0.6 is 11.8 Å². The number of carbonyl (C=O) groups is 4. The van der Waals surface area contributed by atoms with Crippen molar-refractivity contribution in [2.45, 2.75) is 88.8 Å². The zero-order chi connectivity index (χ0) is 46.0. The maximum atomic E-state index is 12.9. The Morgan fingerprint density at radius 2 is 1.42 bits per heavy atom. The lowest BCUT2D eigenvalue weighted by Crippen LogP contribution is -2.68. The van der Waals surface area contributed by atoms with Crippen LogP contribution in [0.25, 0.3) is 10.4 Å². The average molecular weight is 935 g/mol. The van der Waals surface area contributed by atoms with E-state index >= 15 is 0 Å². The van der Waals surface area contributed by atoms with Gasteiger partial charge in [-0.3, -0.25) is 14.4 Å². The first-order valence-corrected chi connectivity index (χ1v) is 25.1. The second kappa shape index (κ2) is 28.6. The number of urea groups is 1. The minimum absolute atomic E-state index is 0.0000670. The van der Waals surface area contributed by atoms with Gasteiger partial charge in [0.2, 0.25) is 17.7 Å². The number of nitrogens with zero attached hydrogens (tertiary/aromatic N) is 3. The van der Waals surface area contributed by atoms with Crippen molar-refractivity contribution in [2.75, 3.05) is 84.8 Å². The largest absolute Gasteiger partial charge is 0.407 e. The predicted molar refractivity (Wildman–Crippen MR) is 248 cm³/mol. The van der Waals surface area contributed by atoms with Crippen LogP contribution in [0.4, 0.5) is 4.79 Å². The van der Waals surface area contributed by atoms with Crippen LogP contribution in [0.5, 0.6) is 0 Å². The number of fused-ring (bicyclic) bond motifs is 1. The topological polar surface area (TPSA) is 233 Å².